The fourth-order valence-corrected chi connectivity index (χ4v) is 3.71. The number of carbonyl (C=O) groups is 1. The standard InChI is InChI=1S/C22H25N5O2/c1-14-12-23-20(27-21(28)15-6-4-3-5-7-15)18-13-24-22(26-19(14)18)25-16-8-10-17(29-2)11-9-16/h3-7,12-13,16-17H,8-11H2,1-2H3,(H,23,27,28)(H,24,25,26)/t16-,17-. The number of aromatic nitrogens is 3. The molecule has 1 fully saturated rings. The third-order valence-corrected chi connectivity index (χ3v) is 5.41. The van der Waals surface area contributed by atoms with Crippen LogP contribution >= 0.6 is 0 Å². The lowest BCUT2D eigenvalue weighted by Gasteiger charge is -2.28. The Morgan fingerprint density at radius 1 is 1.07 bits per heavy atom. The number of fused-ring (bicyclic) bond motifs is 1. The van der Waals surface area contributed by atoms with Gasteiger partial charge in [-0.2, -0.15) is 0 Å². The molecule has 4 rings (SSSR count). The molecule has 150 valence electrons. The lowest BCUT2D eigenvalue weighted by Crippen LogP contribution is -2.29. The van der Waals surface area contributed by atoms with Gasteiger partial charge in [-0.3, -0.25) is 4.79 Å². The summed E-state index contributed by atoms with van der Waals surface area (Å²) in [5.41, 5.74) is 2.30. The van der Waals surface area contributed by atoms with Crippen molar-refractivity contribution in [3.05, 3.63) is 53.9 Å². The van der Waals surface area contributed by atoms with Crippen LogP contribution in [0.4, 0.5) is 11.8 Å². The number of pyridine rings is 1. The van der Waals surface area contributed by atoms with Crippen LogP contribution in [0.5, 0.6) is 0 Å². The largest absolute Gasteiger partial charge is 0.381 e. The van der Waals surface area contributed by atoms with Gasteiger partial charge < -0.3 is 15.4 Å². The molecule has 2 N–H and O–H groups in total. The van der Waals surface area contributed by atoms with Crippen molar-refractivity contribution in [2.75, 3.05) is 17.7 Å². The highest BCUT2D eigenvalue weighted by Crippen LogP contribution is 2.26. The van der Waals surface area contributed by atoms with Gasteiger partial charge in [-0.25, -0.2) is 15.0 Å². The Bertz CT molecular complexity index is 1000. The van der Waals surface area contributed by atoms with E-state index in [9.17, 15) is 4.79 Å². The molecule has 0 spiro atoms. The summed E-state index contributed by atoms with van der Waals surface area (Å²) in [4.78, 5) is 26.1. The molecule has 3 aromatic rings. The minimum absolute atomic E-state index is 0.208. The number of anilines is 2. The van der Waals surface area contributed by atoms with Crippen LogP contribution in [-0.2, 0) is 4.74 Å². The van der Waals surface area contributed by atoms with Crippen LogP contribution in [-0.4, -0.2) is 40.1 Å². The predicted molar refractivity (Wildman–Crippen MR) is 113 cm³/mol. The van der Waals surface area contributed by atoms with E-state index in [1.165, 1.54) is 0 Å². The first-order chi connectivity index (χ1) is 14.1. The minimum atomic E-state index is -0.208. The number of hydrogen-bond acceptors (Lipinski definition) is 6. The molecular formula is C22H25N5O2. The molecular weight excluding hydrogens is 366 g/mol. The van der Waals surface area contributed by atoms with Crippen LogP contribution in [0.3, 0.4) is 0 Å². The summed E-state index contributed by atoms with van der Waals surface area (Å²) >= 11 is 0. The molecule has 2 heterocycles. The average Bonchev–Trinajstić information content (AvgIpc) is 2.77. The monoisotopic (exact) mass is 391 g/mol. The van der Waals surface area contributed by atoms with Crippen LogP contribution in [0.15, 0.2) is 42.7 Å². The number of ether oxygens (including phenoxy) is 1. The summed E-state index contributed by atoms with van der Waals surface area (Å²) in [6.45, 7) is 1.96. The fraction of sp³-hybridized carbons (Fsp3) is 0.364. The van der Waals surface area contributed by atoms with Gasteiger partial charge >= 0.3 is 0 Å². The molecule has 0 radical (unpaired) electrons. The number of hydrogen-bond donors (Lipinski definition) is 2. The van der Waals surface area contributed by atoms with Crippen molar-refractivity contribution < 1.29 is 9.53 Å². The molecule has 1 aliphatic carbocycles. The highest BCUT2D eigenvalue weighted by atomic mass is 16.5. The highest BCUT2D eigenvalue weighted by Gasteiger charge is 2.21. The van der Waals surface area contributed by atoms with Crippen molar-refractivity contribution in [3.8, 4) is 0 Å². The molecule has 0 unspecified atom stereocenters. The molecule has 1 saturated carbocycles. The first-order valence-corrected chi connectivity index (χ1v) is 9.92. The summed E-state index contributed by atoms with van der Waals surface area (Å²) in [7, 11) is 1.77. The molecule has 0 bridgehead atoms. The predicted octanol–water partition coefficient (Wildman–Crippen LogP) is 3.96. The maximum Gasteiger partial charge on any atom is 0.256 e. The number of rotatable bonds is 5. The zero-order valence-corrected chi connectivity index (χ0v) is 16.7. The van der Waals surface area contributed by atoms with Crippen molar-refractivity contribution in [3.63, 3.8) is 0 Å². The summed E-state index contributed by atoms with van der Waals surface area (Å²) in [5.74, 6) is 0.861. The van der Waals surface area contributed by atoms with E-state index in [1.807, 2.05) is 25.1 Å². The van der Waals surface area contributed by atoms with Gasteiger partial charge in [-0.05, 0) is 50.3 Å². The maximum absolute atomic E-state index is 12.5. The van der Waals surface area contributed by atoms with Crippen molar-refractivity contribution in [1.29, 1.82) is 0 Å². The van der Waals surface area contributed by atoms with E-state index < -0.39 is 0 Å². The lowest BCUT2D eigenvalue weighted by molar-refractivity contribution is 0.0681. The number of carbonyl (C=O) groups excluding carboxylic acids is 1. The van der Waals surface area contributed by atoms with Crippen molar-refractivity contribution in [1.82, 2.24) is 15.0 Å². The SMILES string of the molecule is CO[C@H]1CC[C@H](Nc2ncc3c(NC(=O)c4ccccc4)ncc(C)c3n2)CC1. The third kappa shape index (κ3) is 4.35. The Kier molecular flexibility index (Phi) is 5.67. The first kappa shape index (κ1) is 19.3. The van der Waals surface area contributed by atoms with Crippen molar-refractivity contribution >= 4 is 28.6 Å². The minimum Gasteiger partial charge on any atom is -0.381 e. The van der Waals surface area contributed by atoms with Gasteiger partial charge in [0.25, 0.3) is 5.91 Å². The van der Waals surface area contributed by atoms with Crippen LogP contribution in [0.1, 0.15) is 41.6 Å². The Balaban J connectivity index is 1.54. The second-order valence-electron chi connectivity index (χ2n) is 7.42. The fourth-order valence-electron chi connectivity index (χ4n) is 3.71. The lowest BCUT2D eigenvalue weighted by atomic mass is 9.93. The zero-order chi connectivity index (χ0) is 20.2. The normalized spacial score (nSPS) is 19.1. The Morgan fingerprint density at radius 2 is 1.83 bits per heavy atom. The van der Waals surface area contributed by atoms with E-state index in [-0.39, 0.29) is 5.91 Å². The van der Waals surface area contributed by atoms with Crippen LogP contribution in [0.2, 0.25) is 0 Å². The Morgan fingerprint density at radius 3 is 2.55 bits per heavy atom. The number of amides is 1. The molecule has 0 aliphatic heterocycles. The van der Waals surface area contributed by atoms with Crippen molar-refractivity contribution in [2.45, 2.75) is 44.8 Å². The smallest absolute Gasteiger partial charge is 0.256 e. The third-order valence-electron chi connectivity index (χ3n) is 5.41. The summed E-state index contributed by atoms with van der Waals surface area (Å²) in [5, 5.41) is 7.05. The van der Waals surface area contributed by atoms with E-state index in [0.29, 0.717) is 29.5 Å². The topological polar surface area (TPSA) is 89.0 Å². The molecule has 0 saturated heterocycles. The van der Waals surface area contributed by atoms with E-state index in [0.717, 1.165) is 42.1 Å². The molecule has 1 aliphatic rings. The number of aryl methyl sites for hydroxylation is 1. The number of methoxy groups -OCH3 is 1. The first-order valence-electron chi connectivity index (χ1n) is 9.92. The molecule has 1 amide bonds. The Hall–Kier alpha value is -3.06. The maximum atomic E-state index is 12.5. The van der Waals surface area contributed by atoms with Gasteiger partial charge in [0.15, 0.2) is 0 Å². The quantitative estimate of drug-likeness (QED) is 0.684. The van der Waals surface area contributed by atoms with Crippen LogP contribution < -0.4 is 10.6 Å². The van der Waals surface area contributed by atoms with E-state index in [4.69, 9.17) is 9.72 Å². The number of benzene rings is 1. The van der Waals surface area contributed by atoms with Gasteiger partial charge in [-0.15, -0.1) is 0 Å². The van der Waals surface area contributed by atoms with Gasteiger partial charge in [0.1, 0.15) is 5.82 Å². The van der Waals surface area contributed by atoms with E-state index >= 15 is 0 Å². The van der Waals surface area contributed by atoms with Gasteiger partial charge in [0.2, 0.25) is 5.95 Å². The van der Waals surface area contributed by atoms with Gasteiger partial charge in [0.05, 0.1) is 17.0 Å². The number of nitrogens with zero attached hydrogens (tertiary/aromatic N) is 3. The van der Waals surface area contributed by atoms with Crippen LogP contribution in [0, 0.1) is 6.92 Å². The number of nitrogens with one attached hydrogen (secondary N) is 2. The molecule has 1 aromatic carbocycles. The molecule has 7 nitrogen and oxygen atoms in total. The second-order valence-corrected chi connectivity index (χ2v) is 7.42. The highest BCUT2D eigenvalue weighted by molar-refractivity contribution is 6.07. The average molecular weight is 391 g/mol. The Labute approximate surface area is 169 Å². The summed E-state index contributed by atoms with van der Waals surface area (Å²) < 4.78 is 5.44. The van der Waals surface area contributed by atoms with Gasteiger partial charge in [-0.1, -0.05) is 18.2 Å². The molecule has 0 atom stereocenters. The van der Waals surface area contributed by atoms with Crippen LogP contribution in [0.25, 0.3) is 10.9 Å². The summed E-state index contributed by atoms with van der Waals surface area (Å²) in [6.07, 6.45) is 7.96. The zero-order valence-electron chi connectivity index (χ0n) is 16.7. The molecule has 2 aromatic heterocycles. The van der Waals surface area contributed by atoms with E-state index in [2.05, 4.69) is 20.6 Å². The molecule has 7 heteroatoms. The van der Waals surface area contributed by atoms with Crippen molar-refractivity contribution in [2.24, 2.45) is 0 Å². The van der Waals surface area contributed by atoms with E-state index in [1.54, 1.807) is 31.6 Å². The summed E-state index contributed by atoms with van der Waals surface area (Å²) in [6, 6.07) is 9.41. The van der Waals surface area contributed by atoms with Gasteiger partial charge in [0, 0.05) is 31.1 Å². The molecule has 29 heavy (non-hydrogen) atoms. The second kappa shape index (κ2) is 8.53.